The Labute approximate surface area is 185 Å². The van der Waals surface area contributed by atoms with Gasteiger partial charge in [0.2, 0.25) is 0 Å². The van der Waals surface area contributed by atoms with Gasteiger partial charge in [0.1, 0.15) is 10.8 Å². The maximum absolute atomic E-state index is 9.98. The quantitative estimate of drug-likeness (QED) is 0.690. The summed E-state index contributed by atoms with van der Waals surface area (Å²) in [6.45, 7) is 5.00. The molecule has 7 nitrogen and oxygen atoms in total. The van der Waals surface area contributed by atoms with Crippen molar-refractivity contribution in [3.8, 4) is 0 Å². The molecule has 2 fully saturated rings. The highest BCUT2D eigenvalue weighted by molar-refractivity contribution is 7.99. The molecule has 0 aliphatic carbocycles. The highest BCUT2D eigenvalue weighted by atomic mass is 35.5. The highest BCUT2D eigenvalue weighted by Crippen LogP contribution is 2.42. The van der Waals surface area contributed by atoms with E-state index < -0.39 is 7.12 Å². The zero-order chi connectivity index (χ0) is 20.9. The van der Waals surface area contributed by atoms with E-state index >= 15 is 0 Å². The molecule has 4 heterocycles. The Hall–Kier alpha value is -1.36. The van der Waals surface area contributed by atoms with Crippen molar-refractivity contribution in [2.45, 2.75) is 48.4 Å². The minimum Gasteiger partial charge on any atom is -0.423 e. The first-order valence-corrected chi connectivity index (χ1v) is 11.4. The van der Waals surface area contributed by atoms with E-state index in [1.54, 1.807) is 6.20 Å². The number of benzene rings is 1. The molecule has 3 aliphatic rings. The number of nitrogens with zero attached hydrogens (tertiary/aromatic N) is 3. The molecule has 1 spiro atoms. The van der Waals surface area contributed by atoms with Crippen LogP contribution in [0.5, 0.6) is 0 Å². The summed E-state index contributed by atoms with van der Waals surface area (Å²) in [6.07, 6.45) is 5.73. The van der Waals surface area contributed by atoms with Gasteiger partial charge in [-0.3, -0.25) is 0 Å². The summed E-state index contributed by atoms with van der Waals surface area (Å²) in [4.78, 5) is 12.3. The number of anilines is 1. The second kappa shape index (κ2) is 7.96. The van der Waals surface area contributed by atoms with E-state index in [0.29, 0.717) is 17.1 Å². The monoisotopic (exact) mass is 446 g/mol. The fraction of sp³-hybridized carbons (Fsp3) is 0.500. The summed E-state index contributed by atoms with van der Waals surface area (Å²) < 4.78 is 11.1. The summed E-state index contributed by atoms with van der Waals surface area (Å²) in [7, 11) is -0.967. The number of rotatable bonds is 3. The molecular formula is C20H24BClN4O3S. The molecule has 0 unspecified atom stereocenters. The average Bonchev–Trinajstić information content (AvgIpc) is 3.27. The van der Waals surface area contributed by atoms with Gasteiger partial charge in [0.15, 0.2) is 0 Å². The van der Waals surface area contributed by atoms with Crippen LogP contribution in [0.2, 0.25) is 5.02 Å². The number of nitrogens with two attached hydrogens (primary N) is 1. The normalized spacial score (nSPS) is 25.2. The molecule has 2 aromatic rings. The van der Waals surface area contributed by atoms with Gasteiger partial charge < -0.3 is 25.0 Å². The van der Waals surface area contributed by atoms with E-state index in [2.05, 4.69) is 21.8 Å². The van der Waals surface area contributed by atoms with Crippen LogP contribution < -0.4 is 16.1 Å². The topological polar surface area (TPSA) is 93.7 Å². The van der Waals surface area contributed by atoms with Crippen molar-refractivity contribution in [1.82, 2.24) is 9.97 Å². The molecule has 10 heteroatoms. The number of halogens is 1. The summed E-state index contributed by atoms with van der Waals surface area (Å²) in [5, 5.41) is 11.2. The zero-order valence-corrected chi connectivity index (χ0v) is 18.3. The van der Waals surface area contributed by atoms with E-state index in [4.69, 9.17) is 26.7 Å². The largest absolute Gasteiger partial charge is 0.493 e. The van der Waals surface area contributed by atoms with E-state index in [1.807, 2.05) is 18.3 Å². The van der Waals surface area contributed by atoms with Crippen LogP contribution in [0.15, 0.2) is 34.4 Å². The standard InChI is InChI=1S/C20H24BClN4O3S/c1-12-19(23)20(11-28-12)4-6-26(7-5-20)15-8-25-16(9-24-15)30-14-3-2-13-10-29-21(27)17(13)18(14)22/h2-3,8-9,12,19,27H,4-7,10-11,23H2,1H3/t12-,19+/m0/s1. The van der Waals surface area contributed by atoms with Crippen LogP contribution in [0.25, 0.3) is 0 Å². The molecule has 30 heavy (non-hydrogen) atoms. The van der Waals surface area contributed by atoms with Gasteiger partial charge in [0.05, 0.1) is 36.7 Å². The summed E-state index contributed by atoms with van der Waals surface area (Å²) in [5.41, 5.74) is 8.08. The van der Waals surface area contributed by atoms with Crippen molar-refractivity contribution in [1.29, 1.82) is 0 Å². The summed E-state index contributed by atoms with van der Waals surface area (Å²) in [5.74, 6) is 0.874. The molecule has 2 atom stereocenters. The zero-order valence-electron chi connectivity index (χ0n) is 16.8. The van der Waals surface area contributed by atoms with Gasteiger partial charge in [-0.05, 0) is 31.4 Å². The van der Waals surface area contributed by atoms with Gasteiger partial charge in [-0.2, -0.15) is 0 Å². The Morgan fingerprint density at radius 3 is 2.77 bits per heavy atom. The molecule has 2 saturated heterocycles. The van der Waals surface area contributed by atoms with Crippen LogP contribution in [-0.4, -0.2) is 54.0 Å². The smallest absolute Gasteiger partial charge is 0.423 e. The van der Waals surface area contributed by atoms with Gasteiger partial charge in [-0.15, -0.1) is 0 Å². The average molecular weight is 447 g/mol. The molecule has 0 amide bonds. The minimum absolute atomic E-state index is 0.0950. The van der Waals surface area contributed by atoms with Crippen molar-refractivity contribution in [2.75, 3.05) is 24.6 Å². The lowest BCUT2D eigenvalue weighted by atomic mass is 9.73. The molecule has 3 N–H and O–H groups in total. The predicted molar refractivity (Wildman–Crippen MR) is 117 cm³/mol. The molecular weight excluding hydrogens is 423 g/mol. The number of hydrogen-bond acceptors (Lipinski definition) is 8. The number of fused-ring (bicyclic) bond motifs is 1. The fourth-order valence-electron chi connectivity index (χ4n) is 4.63. The van der Waals surface area contributed by atoms with Crippen molar-refractivity contribution >= 4 is 41.8 Å². The first kappa shape index (κ1) is 20.5. The number of ether oxygens (including phenoxy) is 1. The third kappa shape index (κ3) is 3.51. The Morgan fingerprint density at radius 2 is 2.10 bits per heavy atom. The molecule has 3 aliphatic heterocycles. The van der Waals surface area contributed by atoms with E-state index in [1.165, 1.54) is 11.8 Å². The molecule has 158 valence electrons. The number of hydrogen-bond donors (Lipinski definition) is 2. The Balaban J connectivity index is 1.26. The molecule has 5 rings (SSSR count). The van der Waals surface area contributed by atoms with Crippen LogP contribution >= 0.6 is 23.4 Å². The molecule has 1 aromatic carbocycles. The van der Waals surface area contributed by atoms with Gasteiger partial charge in [-0.1, -0.05) is 29.4 Å². The van der Waals surface area contributed by atoms with Crippen LogP contribution in [0, 0.1) is 5.41 Å². The van der Waals surface area contributed by atoms with Gasteiger partial charge >= 0.3 is 7.12 Å². The van der Waals surface area contributed by atoms with Crippen LogP contribution in [0.1, 0.15) is 25.3 Å². The SMILES string of the molecule is C[C@@H]1OCC2(CCN(c3cnc(Sc4ccc5c(c4Cl)B(O)OC5)cn3)CC2)[C@@H]1N. The second-order valence-electron chi connectivity index (χ2n) is 8.32. The second-order valence-corrected chi connectivity index (χ2v) is 9.76. The Kier molecular flexibility index (Phi) is 5.45. The lowest BCUT2D eigenvalue weighted by molar-refractivity contribution is 0.0974. The van der Waals surface area contributed by atoms with E-state index in [0.717, 1.165) is 53.8 Å². The van der Waals surface area contributed by atoms with Gasteiger partial charge in [0.25, 0.3) is 0 Å². The van der Waals surface area contributed by atoms with Crippen LogP contribution in [0.3, 0.4) is 0 Å². The Bertz CT molecular complexity index is 942. The van der Waals surface area contributed by atoms with Gasteiger partial charge in [0, 0.05) is 34.9 Å². The van der Waals surface area contributed by atoms with Crippen molar-refractivity contribution in [2.24, 2.45) is 11.1 Å². The number of aromatic nitrogens is 2. The van der Waals surface area contributed by atoms with Crippen molar-refractivity contribution in [3.05, 3.63) is 35.1 Å². The van der Waals surface area contributed by atoms with E-state index in [9.17, 15) is 5.02 Å². The molecule has 0 radical (unpaired) electrons. The third-order valence-corrected chi connectivity index (χ3v) is 8.14. The fourth-order valence-corrected chi connectivity index (χ4v) is 5.79. The Morgan fingerprint density at radius 1 is 1.30 bits per heavy atom. The first-order chi connectivity index (χ1) is 14.5. The van der Waals surface area contributed by atoms with Gasteiger partial charge in [-0.25, -0.2) is 9.97 Å². The lowest BCUT2D eigenvalue weighted by Gasteiger charge is -2.41. The summed E-state index contributed by atoms with van der Waals surface area (Å²) >= 11 is 7.93. The molecule has 0 saturated carbocycles. The number of piperidine rings is 1. The van der Waals surface area contributed by atoms with Crippen molar-refractivity contribution < 1.29 is 14.4 Å². The molecule has 0 bridgehead atoms. The van der Waals surface area contributed by atoms with E-state index in [-0.39, 0.29) is 17.6 Å². The first-order valence-electron chi connectivity index (χ1n) is 10.2. The molecule has 1 aromatic heterocycles. The predicted octanol–water partition coefficient (Wildman–Crippen LogP) is 1.83. The highest BCUT2D eigenvalue weighted by Gasteiger charge is 2.47. The van der Waals surface area contributed by atoms with Crippen molar-refractivity contribution in [3.63, 3.8) is 0 Å². The lowest BCUT2D eigenvalue weighted by Crippen LogP contribution is -2.50. The minimum atomic E-state index is -0.967. The third-order valence-electron chi connectivity index (χ3n) is 6.64. The maximum Gasteiger partial charge on any atom is 0.493 e. The van der Waals surface area contributed by atoms with Crippen LogP contribution in [-0.2, 0) is 16.0 Å². The maximum atomic E-state index is 9.98. The summed E-state index contributed by atoms with van der Waals surface area (Å²) in [6, 6.07) is 3.97. The van der Waals surface area contributed by atoms with Crippen LogP contribution in [0.4, 0.5) is 5.82 Å².